The molecule has 1 aromatic heterocycles. The van der Waals surface area contributed by atoms with Gasteiger partial charge in [0.2, 0.25) is 0 Å². The Morgan fingerprint density at radius 1 is 1.31 bits per heavy atom. The van der Waals surface area contributed by atoms with Gasteiger partial charge in [0.05, 0.1) is 20.9 Å². The number of hydrogen-bond acceptors (Lipinski definition) is 2. The molecule has 0 radical (unpaired) electrons. The fourth-order valence-electron chi connectivity index (χ4n) is 1.25. The highest BCUT2D eigenvalue weighted by molar-refractivity contribution is 7.84. The first-order valence-electron chi connectivity index (χ1n) is 4.53. The molecule has 0 saturated heterocycles. The van der Waals surface area contributed by atoms with Crippen LogP contribution < -0.4 is 0 Å². The summed E-state index contributed by atoms with van der Waals surface area (Å²) >= 11 is 7.17. The van der Waals surface area contributed by atoms with Gasteiger partial charge in [-0.2, -0.15) is 0 Å². The van der Waals surface area contributed by atoms with Gasteiger partial charge in [-0.3, -0.25) is 4.21 Å². The highest BCUT2D eigenvalue weighted by Gasteiger charge is 2.07. The predicted molar refractivity (Wildman–Crippen MR) is 65.8 cm³/mol. The second kappa shape index (κ2) is 5.08. The molecule has 2 rings (SSSR count). The van der Waals surface area contributed by atoms with E-state index in [9.17, 15) is 8.60 Å². The molecule has 0 amide bonds. The number of halogens is 2. The van der Waals surface area contributed by atoms with Crippen LogP contribution in [0.2, 0.25) is 4.34 Å². The summed E-state index contributed by atoms with van der Waals surface area (Å²) in [5.41, 5.74) is 0. The molecule has 5 heteroatoms. The first-order chi connectivity index (χ1) is 7.65. The minimum absolute atomic E-state index is 0.366. The Kier molecular flexibility index (Phi) is 3.74. The molecule has 0 aliphatic heterocycles. The fourth-order valence-corrected chi connectivity index (χ4v) is 3.69. The molecule has 1 heterocycles. The molecular weight excluding hydrogens is 267 g/mol. The van der Waals surface area contributed by atoms with Crippen LogP contribution in [0.5, 0.6) is 0 Å². The lowest BCUT2D eigenvalue weighted by atomic mass is 10.4. The van der Waals surface area contributed by atoms with Gasteiger partial charge >= 0.3 is 0 Å². The van der Waals surface area contributed by atoms with E-state index < -0.39 is 10.8 Å². The maximum Gasteiger partial charge on any atom is 0.124 e. The van der Waals surface area contributed by atoms with Crippen molar-refractivity contribution in [3.05, 3.63) is 51.4 Å². The maximum atomic E-state index is 12.9. The third-order valence-corrected chi connectivity index (χ3v) is 4.73. The summed E-state index contributed by atoms with van der Waals surface area (Å²) in [6, 6.07) is 9.46. The van der Waals surface area contributed by atoms with Gasteiger partial charge in [-0.05, 0) is 30.3 Å². The zero-order valence-electron chi connectivity index (χ0n) is 8.15. The summed E-state index contributed by atoms with van der Waals surface area (Å²) in [5.74, 6) is 0.0101. The number of hydrogen-bond donors (Lipinski definition) is 0. The number of benzene rings is 1. The van der Waals surface area contributed by atoms with E-state index in [1.807, 2.05) is 6.07 Å². The monoisotopic (exact) mass is 274 g/mol. The molecule has 0 bridgehead atoms. The fraction of sp³-hybridized carbons (Fsp3) is 0.0909. The molecule has 0 spiro atoms. The summed E-state index contributed by atoms with van der Waals surface area (Å²) in [7, 11) is -1.22. The van der Waals surface area contributed by atoms with E-state index in [0.717, 1.165) is 4.88 Å². The smallest absolute Gasteiger partial charge is 0.124 e. The molecular formula is C11H8ClFOS2. The third-order valence-electron chi connectivity index (χ3n) is 1.96. The van der Waals surface area contributed by atoms with Crippen LogP contribution in [0.3, 0.4) is 0 Å². The van der Waals surface area contributed by atoms with E-state index in [1.54, 1.807) is 18.2 Å². The number of thiophene rings is 1. The van der Waals surface area contributed by atoms with Crippen molar-refractivity contribution in [1.82, 2.24) is 0 Å². The molecule has 0 aliphatic carbocycles. The van der Waals surface area contributed by atoms with E-state index in [-0.39, 0.29) is 5.82 Å². The molecule has 2 aromatic rings. The maximum absolute atomic E-state index is 12.9. The van der Waals surface area contributed by atoms with Gasteiger partial charge in [0.15, 0.2) is 0 Å². The molecule has 1 unspecified atom stereocenters. The Labute approximate surface area is 104 Å². The quantitative estimate of drug-likeness (QED) is 0.831. The van der Waals surface area contributed by atoms with E-state index >= 15 is 0 Å². The van der Waals surface area contributed by atoms with Gasteiger partial charge in [-0.15, -0.1) is 11.3 Å². The molecule has 16 heavy (non-hydrogen) atoms. The van der Waals surface area contributed by atoms with Gasteiger partial charge in [0.1, 0.15) is 5.82 Å². The Morgan fingerprint density at radius 2 is 2.12 bits per heavy atom. The minimum atomic E-state index is -1.22. The first-order valence-corrected chi connectivity index (χ1v) is 7.04. The van der Waals surface area contributed by atoms with E-state index in [4.69, 9.17) is 11.6 Å². The SMILES string of the molecule is O=S(Cc1ccc(Cl)s1)c1cccc(F)c1. The van der Waals surface area contributed by atoms with Crippen molar-refractivity contribution in [3.63, 3.8) is 0 Å². The van der Waals surface area contributed by atoms with Crippen molar-refractivity contribution in [3.8, 4) is 0 Å². The van der Waals surface area contributed by atoms with Crippen LogP contribution in [-0.2, 0) is 16.6 Å². The van der Waals surface area contributed by atoms with Crippen LogP contribution in [0.25, 0.3) is 0 Å². The standard InChI is InChI=1S/C11H8ClFOS2/c12-11-5-4-9(15-11)7-16(14)10-3-1-2-8(13)6-10/h1-6H,7H2. The first kappa shape index (κ1) is 11.8. The van der Waals surface area contributed by atoms with Gasteiger partial charge < -0.3 is 0 Å². The summed E-state index contributed by atoms with van der Waals surface area (Å²) in [6.45, 7) is 0. The zero-order chi connectivity index (χ0) is 11.5. The number of rotatable bonds is 3. The van der Waals surface area contributed by atoms with Crippen molar-refractivity contribution < 1.29 is 8.60 Å². The normalized spacial score (nSPS) is 12.6. The summed E-state index contributed by atoms with van der Waals surface area (Å²) in [6.07, 6.45) is 0. The predicted octanol–water partition coefficient (Wildman–Crippen LogP) is 3.85. The van der Waals surface area contributed by atoms with Crippen molar-refractivity contribution in [2.75, 3.05) is 0 Å². The topological polar surface area (TPSA) is 17.1 Å². The van der Waals surface area contributed by atoms with Crippen molar-refractivity contribution in [2.45, 2.75) is 10.6 Å². The average molecular weight is 275 g/mol. The lowest BCUT2D eigenvalue weighted by molar-refractivity contribution is 0.622. The Morgan fingerprint density at radius 3 is 2.75 bits per heavy atom. The lowest BCUT2D eigenvalue weighted by Gasteiger charge is -2.00. The summed E-state index contributed by atoms with van der Waals surface area (Å²) in [4.78, 5) is 1.44. The van der Waals surface area contributed by atoms with Crippen LogP contribution in [0.1, 0.15) is 4.88 Å². The van der Waals surface area contributed by atoms with E-state index in [0.29, 0.717) is 15.0 Å². The molecule has 0 aliphatic rings. The zero-order valence-corrected chi connectivity index (χ0v) is 10.5. The molecule has 0 saturated carbocycles. The van der Waals surface area contributed by atoms with E-state index in [1.165, 1.54) is 23.5 Å². The highest BCUT2D eigenvalue weighted by atomic mass is 35.5. The van der Waals surface area contributed by atoms with Crippen LogP contribution in [0.4, 0.5) is 4.39 Å². The lowest BCUT2D eigenvalue weighted by Crippen LogP contribution is -1.94. The Bertz CT molecular complexity index is 524. The second-order valence-electron chi connectivity index (χ2n) is 3.15. The van der Waals surface area contributed by atoms with E-state index in [2.05, 4.69) is 0 Å². The second-order valence-corrected chi connectivity index (χ2v) is 6.40. The Hall–Kier alpha value is -0.710. The molecule has 0 N–H and O–H groups in total. The third kappa shape index (κ3) is 2.90. The van der Waals surface area contributed by atoms with Crippen LogP contribution in [0, 0.1) is 5.82 Å². The largest absolute Gasteiger partial charge is 0.254 e. The van der Waals surface area contributed by atoms with Crippen LogP contribution >= 0.6 is 22.9 Å². The van der Waals surface area contributed by atoms with Gasteiger partial charge in [-0.1, -0.05) is 17.7 Å². The average Bonchev–Trinajstić information content (AvgIpc) is 2.64. The van der Waals surface area contributed by atoms with Crippen molar-refractivity contribution in [2.24, 2.45) is 0 Å². The molecule has 1 atom stereocenters. The van der Waals surface area contributed by atoms with Crippen LogP contribution in [0.15, 0.2) is 41.3 Å². The van der Waals surface area contributed by atoms with Crippen molar-refractivity contribution in [1.29, 1.82) is 0 Å². The summed E-state index contributed by atoms with van der Waals surface area (Å²) in [5, 5.41) is 0. The van der Waals surface area contributed by atoms with Crippen molar-refractivity contribution >= 4 is 33.7 Å². The van der Waals surface area contributed by atoms with Gasteiger partial charge in [-0.25, -0.2) is 4.39 Å². The molecule has 84 valence electrons. The Balaban J connectivity index is 2.14. The highest BCUT2D eigenvalue weighted by Crippen LogP contribution is 2.24. The van der Waals surface area contributed by atoms with Gasteiger partial charge in [0, 0.05) is 9.77 Å². The molecule has 1 nitrogen and oxygen atoms in total. The minimum Gasteiger partial charge on any atom is -0.254 e. The summed E-state index contributed by atoms with van der Waals surface area (Å²) < 4.78 is 25.5. The van der Waals surface area contributed by atoms with Crippen LogP contribution in [-0.4, -0.2) is 4.21 Å². The van der Waals surface area contributed by atoms with Gasteiger partial charge in [0.25, 0.3) is 0 Å². The molecule has 1 aromatic carbocycles. The molecule has 0 fully saturated rings.